The molecular formula is C14H18FN3O3. The summed E-state index contributed by atoms with van der Waals surface area (Å²) >= 11 is 0. The van der Waals surface area contributed by atoms with Gasteiger partial charge in [-0.25, -0.2) is 14.6 Å². The maximum Gasteiger partial charge on any atom is 0.332 e. The zero-order chi connectivity index (χ0) is 15.1. The van der Waals surface area contributed by atoms with Gasteiger partial charge in [0, 0.05) is 12.2 Å². The van der Waals surface area contributed by atoms with Crippen molar-refractivity contribution in [1.82, 2.24) is 5.43 Å². The number of nitrogens with one attached hydrogen (secondary N) is 1. The van der Waals surface area contributed by atoms with Crippen LogP contribution >= 0.6 is 0 Å². The Balaban J connectivity index is 1.93. The van der Waals surface area contributed by atoms with Crippen LogP contribution in [0.3, 0.4) is 0 Å². The number of ether oxygens (including phenoxy) is 2. The van der Waals surface area contributed by atoms with Gasteiger partial charge in [0.05, 0.1) is 25.5 Å². The third kappa shape index (κ3) is 5.13. The molecule has 1 heterocycles. The van der Waals surface area contributed by atoms with Crippen molar-refractivity contribution in [1.29, 1.82) is 0 Å². The fourth-order valence-corrected chi connectivity index (χ4v) is 2.07. The summed E-state index contributed by atoms with van der Waals surface area (Å²) in [6.45, 7) is 1.49. The Morgan fingerprint density at radius 2 is 2.48 bits per heavy atom. The van der Waals surface area contributed by atoms with E-state index in [2.05, 4.69) is 10.5 Å². The Labute approximate surface area is 122 Å². The van der Waals surface area contributed by atoms with Crippen LogP contribution in [0.1, 0.15) is 24.0 Å². The van der Waals surface area contributed by atoms with E-state index in [9.17, 15) is 9.18 Å². The summed E-state index contributed by atoms with van der Waals surface area (Å²) in [6.07, 6.45) is 3.55. The number of primary amides is 1. The number of hydrogen-bond donors (Lipinski definition) is 2. The number of benzene rings is 1. The topological polar surface area (TPSA) is 85.9 Å². The van der Waals surface area contributed by atoms with Crippen LogP contribution in [-0.2, 0) is 16.1 Å². The summed E-state index contributed by atoms with van der Waals surface area (Å²) in [6, 6.07) is 3.49. The monoisotopic (exact) mass is 295 g/mol. The molecule has 1 unspecified atom stereocenters. The summed E-state index contributed by atoms with van der Waals surface area (Å²) < 4.78 is 24.3. The van der Waals surface area contributed by atoms with Gasteiger partial charge in [-0.05, 0) is 30.5 Å². The summed E-state index contributed by atoms with van der Waals surface area (Å²) in [5.74, 6) is -0.356. The van der Waals surface area contributed by atoms with Crippen molar-refractivity contribution in [2.75, 3.05) is 13.2 Å². The van der Waals surface area contributed by atoms with E-state index in [4.69, 9.17) is 15.2 Å². The number of hydrogen-bond acceptors (Lipinski definition) is 4. The molecule has 0 aromatic heterocycles. The summed E-state index contributed by atoms with van der Waals surface area (Å²) in [5, 5.41) is 3.66. The van der Waals surface area contributed by atoms with Crippen LogP contribution in [0.15, 0.2) is 23.3 Å². The van der Waals surface area contributed by atoms with Gasteiger partial charge in [0.15, 0.2) is 0 Å². The molecule has 1 aromatic carbocycles. The second-order valence-corrected chi connectivity index (χ2v) is 4.73. The van der Waals surface area contributed by atoms with Crippen molar-refractivity contribution in [2.24, 2.45) is 10.8 Å². The van der Waals surface area contributed by atoms with Crippen LogP contribution in [-0.4, -0.2) is 31.6 Å². The van der Waals surface area contributed by atoms with E-state index >= 15 is 0 Å². The van der Waals surface area contributed by atoms with E-state index in [-0.39, 0.29) is 18.5 Å². The number of nitrogens with two attached hydrogens (primary N) is 1. The molecule has 6 nitrogen and oxygen atoms in total. The average molecular weight is 295 g/mol. The lowest BCUT2D eigenvalue weighted by Gasteiger charge is -2.11. The van der Waals surface area contributed by atoms with Crippen LogP contribution in [0.25, 0.3) is 0 Å². The Kier molecular flexibility index (Phi) is 5.65. The molecule has 1 aliphatic rings. The first-order valence-electron chi connectivity index (χ1n) is 6.71. The highest BCUT2D eigenvalue weighted by molar-refractivity contribution is 5.83. The quantitative estimate of drug-likeness (QED) is 0.616. The number of carbonyl (C=O) groups excluding carboxylic acids is 1. The zero-order valence-corrected chi connectivity index (χ0v) is 11.5. The molecule has 1 fully saturated rings. The van der Waals surface area contributed by atoms with Crippen molar-refractivity contribution in [3.05, 3.63) is 35.1 Å². The van der Waals surface area contributed by atoms with E-state index < -0.39 is 6.03 Å². The molecule has 0 spiro atoms. The van der Waals surface area contributed by atoms with E-state index in [1.54, 1.807) is 6.07 Å². The normalized spacial score (nSPS) is 18.2. The number of halogens is 1. The minimum atomic E-state index is -0.760. The Hall–Kier alpha value is -1.99. The zero-order valence-electron chi connectivity index (χ0n) is 11.5. The maximum atomic E-state index is 13.3. The first-order valence-corrected chi connectivity index (χ1v) is 6.71. The van der Waals surface area contributed by atoms with Crippen molar-refractivity contribution in [3.63, 3.8) is 0 Å². The van der Waals surface area contributed by atoms with Gasteiger partial charge >= 0.3 is 6.03 Å². The molecule has 1 aliphatic heterocycles. The van der Waals surface area contributed by atoms with E-state index in [1.807, 2.05) is 0 Å². The van der Waals surface area contributed by atoms with E-state index in [0.717, 1.165) is 19.4 Å². The Bertz CT molecular complexity index is 516. The van der Waals surface area contributed by atoms with Gasteiger partial charge in [-0.15, -0.1) is 0 Å². The molecule has 1 saturated heterocycles. The Morgan fingerprint density at radius 3 is 3.19 bits per heavy atom. The smallest absolute Gasteiger partial charge is 0.332 e. The van der Waals surface area contributed by atoms with Gasteiger partial charge in [0.1, 0.15) is 5.82 Å². The minimum Gasteiger partial charge on any atom is -0.376 e. The minimum absolute atomic E-state index is 0.118. The Morgan fingerprint density at radius 1 is 1.62 bits per heavy atom. The van der Waals surface area contributed by atoms with Crippen molar-refractivity contribution >= 4 is 12.2 Å². The van der Waals surface area contributed by atoms with E-state index in [0.29, 0.717) is 17.7 Å². The first-order chi connectivity index (χ1) is 10.1. The van der Waals surface area contributed by atoms with Crippen molar-refractivity contribution in [3.8, 4) is 0 Å². The van der Waals surface area contributed by atoms with E-state index in [1.165, 1.54) is 18.3 Å². The molecule has 0 radical (unpaired) electrons. The van der Waals surface area contributed by atoms with Crippen LogP contribution in [0.5, 0.6) is 0 Å². The molecule has 1 atom stereocenters. The van der Waals surface area contributed by atoms with Crippen LogP contribution in [0.4, 0.5) is 9.18 Å². The summed E-state index contributed by atoms with van der Waals surface area (Å²) in [4.78, 5) is 10.5. The summed E-state index contributed by atoms with van der Waals surface area (Å²) in [5.41, 5.74) is 8.29. The van der Waals surface area contributed by atoms with Crippen molar-refractivity contribution < 1.29 is 18.7 Å². The van der Waals surface area contributed by atoms with Gasteiger partial charge < -0.3 is 15.2 Å². The van der Waals surface area contributed by atoms with Gasteiger partial charge in [0.2, 0.25) is 0 Å². The highest BCUT2D eigenvalue weighted by Gasteiger charge is 2.15. The fraction of sp³-hybridized carbons (Fsp3) is 0.429. The molecule has 2 amide bonds. The maximum absolute atomic E-state index is 13.3. The van der Waals surface area contributed by atoms with Crippen LogP contribution in [0, 0.1) is 5.82 Å². The molecular weight excluding hydrogens is 277 g/mol. The summed E-state index contributed by atoms with van der Waals surface area (Å²) in [7, 11) is 0. The highest BCUT2D eigenvalue weighted by Crippen LogP contribution is 2.15. The number of hydrazone groups is 1. The average Bonchev–Trinajstić information content (AvgIpc) is 2.94. The standard InChI is InChI=1S/C14H18FN3O3/c15-12-4-3-10(7-17-18-14(16)19)11(6-12)8-20-9-13-2-1-5-21-13/h3-4,6-7,13H,1-2,5,8-9H2,(H3,16,18,19). The number of nitrogens with zero attached hydrogens (tertiary/aromatic N) is 1. The van der Waals surface area contributed by atoms with Gasteiger partial charge in [-0.2, -0.15) is 5.10 Å². The predicted molar refractivity (Wildman–Crippen MR) is 75.3 cm³/mol. The molecule has 0 aliphatic carbocycles. The molecule has 21 heavy (non-hydrogen) atoms. The number of urea groups is 1. The highest BCUT2D eigenvalue weighted by atomic mass is 19.1. The SMILES string of the molecule is NC(=O)NN=Cc1ccc(F)cc1COCC1CCCO1. The fourth-order valence-electron chi connectivity index (χ4n) is 2.07. The lowest BCUT2D eigenvalue weighted by Crippen LogP contribution is -2.24. The van der Waals surface area contributed by atoms with Gasteiger partial charge in [-0.1, -0.05) is 6.07 Å². The van der Waals surface area contributed by atoms with Crippen LogP contribution < -0.4 is 11.2 Å². The molecule has 2 rings (SSSR count). The number of carbonyl (C=O) groups is 1. The first kappa shape index (κ1) is 15.4. The lowest BCUT2D eigenvalue weighted by atomic mass is 10.1. The van der Waals surface area contributed by atoms with Gasteiger partial charge in [-0.3, -0.25) is 0 Å². The number of amides is 2. The molecule has 0 saturated carbocycles. The second kappa shape index (κ2) is 7.70. The largest absolute Gasteiger partial charge is 0.376 e. The lowest BCUT2D eigenvalue weighted by molar-refractivity contribution is 0.0105. The van der Waals surface area contributed by atoms with Gasteiger partial charge in [0.25, 0.3) is 0 Å². The predicted octanol–water partition coefficient (Wildman–Crippen LogP) is 1.52. The number of rotatable bonds is 6. The molecule has 1 aromatic rings. The van der Waals surface area contributed by atoms with Crippen LogP contribution in [0.2, 0.25) is 0 Å². The second-order valence-electron chi connectivity index (χ2n) is 4.73. The van der Waals surface area contributed by atoms with Crippen molar-refractivity contribution in [2.45, 2.75) is 25.6 Å². The molecule has 7 heteroatoms. The molecule has 114 valence electrons. The molecule has 0 bridgehead atoms. The molecule has 3 N–H and O–H groups in total. The third-order valence-corrected chi connectivity index (χ3v) is 3.07. The third-order valence-electron chi connectivity index (χ3n) is 3.07.